The Balaban J connectivity index is 1.60. The minimum absolute atomic E-state index is 0.149. The molecule has 1 aromatic carbocycles. The van der Waals surface area contributed by atoms with Crippen molar-refractivity contribution in [2.24, 2.45) is 5.92 Å². The summed E-state index contributed by atoms with van der Waals surface area (Å²) in [6.07, 6.45) is 4.23. The van der Waals surface area contributed by atoms with Gasteiger partial charge in [-0.1, -0.05) is 0 Å². The molecule has 2 N–H and O–H groups in total. The molecule has 2 aromatic heterocycles. The van der Waals surface area contributed by atoms with Crippen LogP contribution in [-0.2, 0) is 0 Å². The molecule has 2 atom stereocenters. The Kier molecular flexibility index (Phi) is 3.24. The summed E-state index contributed by atoms with van der Waals surface area (Å²) in [5, 5.41) is 16.6. The van der Waals surface area contributed by atoms with Gasteiger partial charge in [0.25, 0.3) is 6.01 Å². The van der Waals surface area contributed by atoms with Crippen LogP contribution < -0.4 is 10.2 Å². The molecule has 24 heavy (non-hydrogen) atoms. The van der Waals surface area contributed by atoms with Crippen molar-refractivity contribution >= 4 is 28.5 Å². The molecule has 3 fully saturated rings. The summed E-state index contributed by atoms with van der Waals surface area (Å²) in [4.78, 5) is 11.2. The third kappa shape index (κ3) is 2.27. The molecule has 6 rings (SSSR count). The Labute approximate surface area is 143 Å². The average Bonchev–Trinajstić information content (AvgIpc) is 3.19. The van der Waals surface area contributed by atoms with Crippen LogP contribution in [0.25, 0.3) is 21.7 Å². The smallest absolute Gasteiger partial charge is 0.298 e. The van der Waals surface area contributed by atoms with Crippen LogP contribution in [0.2, 0.25) is 0 Å². The average molecular weight is 342 g/mol. The lowest BCUT2D eigenvalue weighted by molar-refractivity contribution is 0.359. The lowest BCUT2D eigenvalue weighted by Gasteiger charge is -2.22. The number of hydrogen-bond donors (Lipinski definition) is 2. The summed E-state index contributed by atoms with van der Waals surface area (Å²) in [6, 6.07) is 4.61. The number of aromatic nitrogens is 2. The summed E-state index contributed by atoms with van der Waals surface area (Å²) < 4.78 is 6.12. The lowest BCUT2D eigenvalue weighted by Crippen LogP contribution is -2.39. The molecule has 2 unspecified atom stereocenters. The fourth-order valence-corrected chi connectivity index (χ4v) is 4.40. The van der Waals surface area contributed by atoms with Gasteiger partial charge in [-0.05, 0) is 37.4 Å². The first-order valence-corrected chi connectivity index (χ1v) is 9.16. The molecular formula is C17H18N4O2S. The summed E-state index contributed by atoms with van der Waals surface area (Å²) in [5.74, 6) is 0.780. The fraction of sp³-hybridized carbons (Fsp3) is 0.412. The monoisotopic (exact) mass is 342 g/mol. The maximum absolute atomic E-state index is 10.2. The Hall–Kier alpha value is -2.12. The third-order valence-electron chi connectivity index (χ3n) is 4.98. The third-order valence-corrected chi connectivity index (χ3v) is 5.79. The fourth-order valence-electron chi connectivity index (χ4n) is 3.74. The van der Waals surface area contributed by atoms with Gasteiger partial charge in [0, 0.05) is 30.7 Å². The number of nitrogens with zero attached hydrogens (tertiary/aromatic N) is 3. The number of anilines is 1. The van der Waals surface area contributed by atoms with Crippen molar-refractivity contribution in [2.75, 3.05) is 24.5 Å². The number of piperidine rings is 1. The van der Waals surface area contributed by atoms with Crippen LogP contribution in [0.4, 0.5) is 6.01 Å². The predicted molar refractivity (Wildman–Crippen MR) is 93.5 cm³/mol. The van der Waals surface area contributed by atoms with Crippen LogP contribution >= 0.6 is 11.3 Å². The van der Waals surface area contributed by atoms with Crippen molar-refractivity contribution in [3.8, 4) is 16.3 Å². The van der Waals surface area contributed by atoms with Crippen molar-refractivity contribution in [3.63, 3.8) is 0 Å². The van der Waals surface area contributed by atoms with E-state index in [0.29, 0.717) is 29.1 Å². The molecule has 0 spiro atoms. The SMILES string of the molecule is Oc1ccc(-c2nccs2)c2oc(N3CC4CCC(C3)NC4)nc12. The number of thiazole rings is 1. The summed E-state index contributed by atoms with van der Waals surface area (Å²) in [6.45, 7) is 2.91. The Morgan fingerprint density at radius 3 is 3.04 bits per heavy atom. The van der Waals surface area contributed by atoms with Crippen molar-refractivity contribution in [1.29, 1.82) is 0 Å². The van der Waals surface area contributed by atoms with Crippen molar-refractivity contribution in [2.45, 2.75) is 18.9 Å². The number of hydrogen-bond acceptors (Lipinski definition) is 7. The minimum atomic E-state index is 0.149. The van der Waals surface area contributed by atoms with Gasteiger partial charge in [-0.3, -0.25) is 0 Å². The quantitative estimate of drug-likeness (QED) is 0.746. The van der Waals surface area contributed by atoms with E-state index in [0.717, 1.165) is 30.2 Å². The van der Waals surface area contributed by atoms with Gasteiger partial charge in [0.05, 0.1) is 5.56 Å². The molecule has 5 heterocycles. The summed E-state index contributed by atoms with van der Waals surface area (Å²) in [7, 11) is 0. The van der Waals surface area contributed by atoms with E-state index in [1.165, 1.54) is 12.8 Å². The highest BCUT2D eigenvalue weighted by Gasteiger charge is 2.31. The minimum Gasteiger partial charge on any atom is -0.506 e. The summed E-state index contributed by atoms with van der Waals surface area (Å²) >= 11 is 1.55. The normalized spacial score (nSPS) is 23.8. The number of phenols is 1. The maximum atomic E-state index is 10.2. The molecule has 3 aliphatic heterocycles. The van der Waals surface area contributed by atoms with Crippen LogP contribution in [0, 0.1) is 5.92 Å². The molecule has 3 aliphatic rings. The second-order valence-corrected chi connectivity index (χ2v) is 7.49. The van der Waals surface area contributed by atoms with Gasteiger partial charge in [0.1, 0.15) is 10.8 Å². The van der Waals surface area contributed by atoms with Gasteiger partial charge in [-0.25, -0.2) is 4.98 Å². The van der Waals surface area contributed by atoms with Gasteiger partial charge in [-0.2, -0.15) is 4.98 Å². The van der Waals surface area contributed by atoms with Crippen LogP contribution in [0.3, 0.4) is 0 Å². The van der Waals surface area contributed by atoms with Crippen LogP contribution in [0.1, 0.15) is 12.8 Å². The Morgan fingerprint density at radius 2 is 2.25 bits per heavy atom. The zero-order valence-corrected chi connectivity index (χ0v) is 13.9. The van der Waals surface area contributed by atoms with Gasteiger partial charge in [0.15, 0.2) is 11.1 Å². The van der Waals surface area contributed by atoms with Crippen LogP contribution in [-0.4, -0.2) is 40.8 Å². The zero-order chi connectivity index (χ0) is 16.1. The summed E-state index contributed by atoms with van der Waals surface area (Å²) in [5.41, 5.74) is 2.01. The molecule has 0 radical (unpaired) electrons. The van der Waals surface area contributed by atoms with Crippen molar-refractivity contribution in [3.05, 3.63) is 23.7 Å². The van der Waals surface area contributed by atoms with E-state index in [2.05, 4.69) is 20.2 Å². The van der Waals surface area contributed by atoms with Crippen molar-refractivity contribution in [1.82, 2.24) is 15.3 Å². The van der Waals surface area contributed by atoms with Crippen LogP contribution in [0.15, 0.2) is 28.1 Å². The highest BCUT2D eigenvalue weighted by atomic mass is 32.1. The molecular weight excluding hydrogens is 324 g/mol. The van der Waals surface area contributed by atoms with Gasteiger partial charge >= 0.3 is 0 Å². The zero-order valence-electron chi connectivity index (χ0n) is 13.1. The number of nitrogens with one attached hydrogen (secondary N) is 1. The molecule has 124 valence electrons. The molecule has 6 nitrogen and oxygen atoms in total. The van der Waals surface area contributed by atoms with E-state index < -0.39 is 0 Å². The van der Waals surface area contributed by atoms with Crippen LogP contribution in [0.5, 0.6) is 5.75 Å². The van der Waals surface area contributed by atoms with Gasteiger partial charge < -0.3 is 19.7 Å². The number of oxazole rings is 1. The number of rotatable bonds is 2. The first-order valence-electron chi connectivity index (χ1n) is 8.28. The first kappa shape index (κ1) is 14.2. The second kappa shape index (κ2) is 5.46. The maximum Gasteiger partial charge on any atom is 0.298 e. The highest BCUT2D eigenvalue weighted by molar-refractivity contribution is 7.13. The molecule has 2 bridgehead atoms. The second-order valence-electron chi connectivity index (χ2n) is 6.60. The van der Waals surface area contributed by atoms with Gasteiger partial charge in [-0.15, -0.1) is 11.3 Å². The topological polar surface area (TPSA) is 74.4 Å². The molecule has 3 saturated heterocycles. The Bertz CT molecular complexity index is 854. The molecule has 7 heteroatoms. The molecule has 0 amide bonds. The highest BCUT2D eigenvalue weighted by Crippen LogP contribution is 2.37. The molecule has 0 aliphatic carbocycles. The van der Waals surface area contributed by atoms with E-state index in [1.54, 1.807) is 23.6 Å². The number of benzene rings is 1. The van der Waals surface area contributed by atoms with Gasteiger partial charge in [0.2, 0.25) is 0 Å². The molecule has 0 saturated carbocycles. The van der Waals surface area contributed by atoms with E-state index in [-0.39, 0.29) is 5.75 Å². The Morgan fingerprint density at radius 1 is 1.29 bits per heavy atom. The number of phenolic OH excluding ortho intramolecular Hbond substituents is 1. The van der Waals surface area contributed by atoms with Crippen molar-refractivity contribution < 1.29 is 9.52 Å². The largest absolute Gasteiger partial charge is 0.506 e. The first-order chi connectivity index (χ1) is 11.8. The van der Waals surface area contributed by atoms with E-state index in [9.17, 15) is 5.11 Å². The lowest BCUT2D eigenvalue weighted by atomic mass is 9.97. The number of fused-ring (bicyclic) bond motifs is 5. The van der Waals surface area contributed by atoms with E-state index in [1.807, 2.05) is 11.4 Å². The van der Waals surface area contributed by atoms with E-state index >= 15 is 0 Å². The molecule has 3 aromatic rings. The van der Waals surface area contributed by atoms with E-state index in [4.69, 9.17) is 4.42 Å². The predicted octanol–water partition coefficient (Wildman–Crippen LogP) is 2.85. The number of aromatic hydroxyl groups is 1. The standard InChI is InChI=1S/C17H18N4O2S/c22-13-4-3-12(16-18-5-6-24-16)15-14(13)20-17(23-15)21-8-10-1-2-11(9-21)19-7-10/h3-6,10-11,19,22H,1-2,7-9H2.